The molecule has 0 unspecified atom stereocenters. The minimum atomic E-state index is -3.10. The van der Waals surface area contributed by atoms with E-state index in [2.05, 4.69) is 10.3 Å². The lowest BCUT2D eigenvalue weighted by molar-refractivity contribution is 0.102. The number of benzene rings is 2. The van der Waals surface area contributed by atoms with Gasteiger partial charge in [0.05, 0.1) is 22.5 Å². The standard InChI is InChI=1S/C20H19ClN2O4S/c1-13-18(11-14-10-15(21)6-7-19(14)22-13)20(24)23-16-4-3-5-17(12-16)27-8-9-28(2,25)26/h3-7,10-12H,8-9H2,1-2H3,(H,23,24). The predicted octanol–water partition coefficient (Wildman–Crippen LogP) is 3.87. The molecule has 2 aromatic carbocycles. The predicted molar refractivity (Wildman–Crippen MR) is 111 cm³/mol. The molecule has 6 nitrogen and oxygen atoms in total. The number of fused-ring (bicyclic) bond motifs is 1. The van der Waals surface area contributed by atoms with Gasteiger partial charge in [-0.25, -0.2) is 8.42 Å². The molecular weight excluding hydrogens is 400 g/mol. The van der Waals surface area contributed by atoms with Crippen molar-refractivity contribution in [2.24, 2.45) is 0 Å². The zero-order chi connectivity index (χ0) is 20.3. The van der Waals surface area contributed by atoms with Crippen molar-refractivity contribution in [1.82, 2.24) is 4.98 Å². The minimum Gasteiger partial charge on any atom is -0.492 e. The molecule has 0 aliphatic carbocycles. The van der Waals surface area contributed by atoms with Gasteiger partial charge in [-0.1, -0.05) is 17.7 Å². The highest BCUT2D eigenvalue weighted by Gasteiger charge is 2.13. The highest BCUT2D eigenvalue weighted by molar-refractivity contribution is 7.90. The van der Waals surface area contributed by atoms with Crippen LogP contribution in [0.2, 0.25) is 5.02 Å². The fourth-order valence-corrected chi connectivity index (χ4v) is 3.21. The van der Waals surface area contributed by atoms with Crippen LogP contribution in [-0.4, -0.2) is 37.9 Å². The summed E-state index contributed by atoms with van der Waals surface area (Å²) in [6, 6.07) is 13.9. The molecule has 146 valence electrons. The van der Waals surface area contributed by atoms with Crippen molar-refractivity contribution in [3.63, 3.8) is 0 Å². The smallest absolute Gasteiger partial charge is 0.257 e. The lowest BCUT2D eigenvalue weighted by Crippen LogP contribution is -2.15. The number of nitrogens with zero attached hydrogens (tertiary/aromatic N) is 1. The summed E-state index contributed by atoms with van der Waals surface area (Å²) in [5, 5.41) is 4.17. The number of ether oxygens (including phenoxy) is 1. The second kappa shape index (κ2) is 8.16. The zero-order valence-electron chi connectivity index (χ0n) is 15.4. The van der Waals surface area contributed by atoms with E-state index < -0.39 is 9.84 Å². The number of halogens is 1. The van der Waals surface area contributed by atoms with Crippen molar-refractivity contribution in [2.75, 3.05) is 23.9 Å². The third kappa shape index (κ3) is 5.21. The summed E-state index contributed by atoms with van der Waals surface area (Å²) in [6.45, 7) is 1.82. The van der Waals surface area contributed by atoms with Crippen LogP contribution in [0.4, 0.5) is 5.69 Å². The minimum absolute atomic E-state index is 0.0463. The molecule has 1 heterocycles. The van der Waals surface area contributed by atoms with Gasteiger partial charge >= 0.3 is 0 Å². The van der Waals surface area contributed by atoms with Gasteiger partial charge in [0, 0.05) is 28.4 Å². The van der Waals surface area contributed by atoms with Crippen LogP contribution in [0.5, 0.6) is 5.75 Å². The molecule has 3 rings (SSSR count). The Labute approximate surface area is 168 Å². The fourth-order valence-electron chi connectivity index (χ4n) is 2.65. The maximum atomic E-state index is 12.7. The number of sulfone groups is 1. The van der Waals surface area contributed by atoms with Gasteiger partial charge in [-0.3, -0.25) is 9.78 Å². The van der Waals surface area contributed by atoms with E-state index in [1.54, 1.807) is 49.4 Å². The SMILES string of the molecule is Cc1nc2ccc(Cl)cc2cc1C(=O)Nc1cccc(OCCS(C)(=O)=O)c1. The van der Waals surface area contributed by atoms with Crippen LogP contribution in [0.25, 0.3) is 10.9 Å². The second-order valence-corrected chi connectivity index (χ2v) is 9.11. The molecule has 3 aromatic rings. The molecule has 0 bridgehead atoms. The van der Waals surface area contributed by atoms with Gasteiger partial charge in [0.25, 0.3) is 5.91 Å². The van der Waals surface area contributed by atoms with Gasteiger partial charge in [-0.2, -0.15) is 0 Å². The Balaban J connectivity index is 1.77. The van der Waals surface area contributed by atoms with E-state index in [0.29, 0.717) is 27.7 Å². The van der Waals surface area contributed by atoms with Gasteiger partial charge in [0.1, 0.15) is 12.4 Å². The monoisotopic (exact) mass is 418 g/mol. The summed E-state index contributed by atoms with van der Waals surface area (Å²) in [4.78, 5) is 17.2. The largest absolute Gasteiger partial charge is 0.492 e. The first-order chi connectivity index (χ1) is 13.2. The second-order valence-electron chi connectivity index (χ2n) is 6.42. The van der Waals surface area contributed by atoms with E-state index in [-0.39, 0.29) is 18.3 Å². The molecule has 1 amide bonds. The van der Waals surface area contributed by atoms with Crippen molar-refractivity contribution in [2.45, 2.75) is 6.92 Å². The van der Waals surface area contributed by atoms with Crippen molar-refractivity contribution in [3.8, 4) is 5.75 Å². The maximum Gasteiger partial charge on any atom is 0.257 e. The molecule has 0 atom stereocenters. The van der Waals surface area contributed by atoms with E-state index >= 15 is 0 Å². The number of pyridine rings is 1. The van der Waals surface area contributed by atoms with E-state index in [4.69, 9.17) is 16.3 Å². The third-order valence-corrected chi connectivity index (χ3v) is 5.17. The normalized spacial score (nSPS) is 11.4. The van der Waals surface area contributed by atoms with Gasteiger partial charge in [-0.05, 0) is 43.3 Å². The van der Waals surface area contributed by atoms with Crippen molar-refractivity contribution >= 4 is 43.9 Å². The van der Waals surface area contributed by atoms with Crippen LogP contribution in [0.15, 0.2) is 48.5 Å². The van der Waals surface area contributed by atoms with E-state index in [1.165, 1.54) is 0 Å². The average Bonchev–Trinajstić information content (AvgIpc) is 2.60. The Morgan fingerprint density at radius 3 is 2.71 bits per heavy atom. The van der Waals surface area contributed by atoms with Crippen molar-refractivity contribution < 1.29 is 17.9 Å². The highest BCUT2D eigenvalue weighted by atomic mass is 35.5. The first kappa shape index (κ1) is 20.1. The van der Waals surface area contributed by atoms with Gasteiger partial charge < -0.3 is 10.1 Å². The first-order valence-electron chi connectivity index (χ1n) is 8.50. The number of hydrogen-bond donors (Lipinski definition) is 1. The summed E-state index contributed by atoms with van der Waals surface area (Å²) >= 11 is 6.03. The van der Waals surface area contributed by atoms with Gasteiger partial charge in [-0.15, -0.1) is 0 Å². The van der Waals surface area contributed by atoms with Gasteiger partial charge in [0.15, 0.2) is 9.84 Å². The van der Waals surface area contributed by atoms with Crippen LogP contribution >= 0.6 is 11.6 Å². The number of carbonyl (C=O) groups excluding carboxylic acids is 1. The topological polar surface area (TPSA) is 85.4 Å². The molecule has 0 aliphatic heterocycles. The molecule has 0 fully saturated rings. The van der Waals surface area contributed by atoms with Crippen LogP contribution in [0.1, 0.15) is 16.1 Å². The van der Waals surface area contributed by atoms with Crippen LogP contribution in [0, 0.1) is 6.92 Å². The number of aromatic nitrogens is 1. The molecule has 0 radical (unpaired) electrons. The number of amides is 1. The summed E-state index contributed by atoms with van der Waals surface area (Å²) in [6.07, 6.45) is 1.15. The van der Waals surface area contributed by atoms with Gasteiger partial charge in [0.2, 0.25) is 0 Å². The number of aryl methyl sites for hydroxylation is 1. The molecule has 0 spiro atoms. The average molecular weight is 419 g/mol. The molecule has 1 aromatic heterocycles. The Morgan fingerprint density at radius 2 is 1.96 bits per heavy atom. The summed E-state index contributed by atoms with van der Waals surface area (Å²) in [7, 11) is -3.10. The van der Waals surface area contributed by atoms with Crippen molar-refractivity contribution in [3.05, 3.63) is 64.8 Å². The number of carbonyl (C=O) groups is 1. The molecule has 1 N–H and O–H groups in total. The quantitative estimate of drug-likeness (QED) is 0.656. The van der Waals surface area contributed by atoms with Crippen LogP contribution < -0.4 is 10.1 Å². The third-order valence-electron chi connectivity index (χ3n) is 4.03. The lowest BCUT2D eigenvalue weighted by atomic mass is 10.1. The van der Waals surface area contributed by atoms with Crippen molar-refractivity contribution in [1.29, 1.82) is 0 Å². The Morgan fingerprint density at radius 1 is 1.18 bits per heavy atom. The molecule has 8 heteroatoms. The van der Waals surface area contributed by atoms with E-state index in [1.807, 2.05) is 6.07 Å². The van der Waals surface area contributed by atoms with E-state index in [9.17, 15) is 13.2 Å². The Bertz CT molecular complexity index is 1150. The number of rotatable bonds is 6. The summed E-state index contributed by atoms with van der Waals surface area (Å²) in [5.41, 5.74) is 2.35. The lowest BCUT2D eigenvalue weighted by Gasteiger charge is -2.11. The number of hydrogen-bond acceptors (Lipinski definition) is 5. The Hall–Kier alpha value is -2.64. The van der Waals surface area contributed by atoms with Crippen LogP contribution in [0.3, 0.4) is 0 Å². The molecule has 0 aliphatic rings. The molecule has 28 heavy (non-hydrogen) atoms. The highest BCUT2D eigenvalue weighted by Crippen LogP contribution is 2.22. The Kier molecular flexibility index (Phi) is 5.86. The van der Waals surface area contributed by atoms with Crippen LogP contribution in [-0.2, 0) is 9.84 Å². The fraction of sp³-hybridized carbons (Fsp3) is 0.200. The zero-order valence-corrected chi connectivity index (χ0v) is 17.0. The summed E-state index contributed by atoms with van der Waals surface area (Å²) in [5.74, 6) is 0.0930. The number of anilines is 1. The van der Waals surface area contributed by atoms with E-state index in [0.717, 1.165) is 17.2 Å². The molecular formula is C20H19ClN2O4S. The number of nitrogens with one attached hydrogen (secondary N) is 1. The molecule has 0 saturated carbocycles. The summed E-state index contributed by atoms with van der Waals surface area (Å²) < 4.78 is 27.8. The first-order valence-corrected chi connectivity index (χ1v) is 10.9. The molecule has 0 saturated heterocycles. The maximum absolute atomic E-state index is 12.7.